The predicted octanol–water partition coefficient (Wildman–Crippen LogP) is 5.48. The minimum absolute atomic E-state index is 0.113. The molecule has 0 amide bonds. The Morgan fingerprint density at radius 3 is 2.66 bits per heavy atom. The molecule has 0 spiro atoms. The molecule has 144 valence electrons. The van der Waals surface area contributed by atoms with Crippen LogP contribution in [0.1, 0.15) is 32.4 Å². The molecule has 5 rings (SSSR count). The Balaban J connectivity index is 1.55. The summed E-state index contributed by atoms with van der Waals surface area (Å²) in [4.78, 5) is 22.9. The number of amidine groups is 1. The first-order valence-electron chi connectivity index (χ1n) is 8.82. The normalized spacial score (nSPS) is 17.7. The van der Waals surface area contributed by atoms with Gasteiger partial charge in [0, 0.05) is 33.5 Å². The number of carbonyl (C=O) groups excluding carboxylic acids is 1. The Morgan fingerprint density at radius 1 is 1.14 bits per heavy atom. The zero-order valence-corrected chi connectivity index (χ0v) is 17.2. The van der Waals surface area contributed by atoms with Crippen molar-refractivity contribution in [2.75, 3.05) is 0 Å². The fraction of sp³-hybridized carbons (Fsp3) is 0.0952. The standard InChI is InChI=1S/C21H13ClFN3OS2/c22-20-24-9-11(29-20)10-28-21-25-17-12-5-1-2-6-13(12)19(27)16(17)18(26-21)14-7-3-4-8-15(14)23/h1-9,18H,10H2,(H,25,26)/t18-/m1/s1. The molecule has 1 N–H and O–H groups in total. The van der Waals surface area contributed by atoms with Gasteiger partial charge < -0.3 is 5.32 Å². The summed E-state index contributed by atoms with van der Waals surface area (Å²) < 4.78 is 15.1. The zero-order chi connectivity index (χ0) is 20.0. The van der Waals surface area contributed by atoms with Crippen molar-refractivity contribution in [2.24, 2.45) is 4.99 Å². The number of hydrogen-bond donors (Lipinski definition) is 1. The number of benzene rings is 2. The van der Waals surface area contributed by atoms with Crippen LogP contribution >= 0.6 is 34.7 Å². The van der Waals surface area contributed by atoms with Gasteiger partial charge in [-0.05, 0) is 6.07 Å². The Bertz CT molecular complexity index is 1200. The van der Waals surface area contributed by atoms with E-state index < -0.39 is 6.04 Å². The molecule has 4 nitrogen and oxygen atoms in total. The molecule has 29 heavy (non-hydrogen) atoms. The van der Waals surface area contributed by atoms with E-state index in [0.29, 0.717) is 37.8 Å². The highest BCUT2D eigenvalue weighted by atomic mass is 35.5. The topological polar surface area (TPSA) is 54.4 Å². The molecule has 8 heteroatoms. The van der Waals surface area contributed by atoms with E-state index in [1.165, 1.54) is 29.2 Å². The molecule has 1 aromatic heterocycles. The van der Waals surface area contributed by atoms with Gasteiger partial charge in [0.2, 0.25) is 0 Å². The Kier molecular flexibility index (Phi) is 4.73. The number of nitrogens with zero attached hydrogens (tertiary/aromatic N) is 2. The number of fused-ring (bicyclic) bond motifs is 2. The highest BCUT2D eigenvalue weighted by Crippen LogP contribution is 2.43. The van der Waals surface area contributed by atoms with E-state index in [4.69, 9.17) is 16.6 Å². The van der Waals surface area contributed by atoms with Gasteiger partial charge in [0.25, 0.3) is 0 Å². The minimum atomic E-state index is -0.695. The summed E-state index contributed by atoms with van der Waals surface area (Å²) in [5.41, 5.74) is 3.02. The fourth-order valence-corrected chi connectivity index (χ4v) is 5.40. The van der Waals surface area contributed by atoms with Crippen LogP contribution in [0, 0.1) is 5.82 Å². The maximum Gasteiger partial charge on any atom is 0.194 e. The first-order valence-corrected chi connectivity index (χ1v) is 11.0. The molecular formula is C21H13ClFN3OS2. The Hall–Kier alpha value is -2.48. The summed E-state index contributed by atoms with van der Waals surface area (Å²) >= 11 is 8.80. The van der Waals surface area contributed by atoms with Crippen molar-refractivity contribution in [3.63, 3.8) is 0 Å². The highest BCUT2D eigenvalue weighted by Gasteiger charge is 2.39. The lowest BCUT2D eigenvalue weighted by Gasteiger charge is -2.24. The molecule has 2 aliphatic rings. The van der Waals surface area contributed by atoms with Crippen LogP contribution in [0.2, 0.25) is 4.47 Å². The van der Waals surface area contributed by atoms with Crippen molar-refractivity contribution < 1.29 is 9.18 Å². The van der Waals surface area contributed by atoms with Crippen LogP contribution in [0.5, 0.6) is 0 Å². The van der Waals surface area contributed by atoms with Crippen LogP contribution in [0.25, 0.3) is 5.70 Å². The number of carbonyl (C=O) groups is 1. The number of rotatable bonds is 3. The van der Waals surface area contributed by atoms with E-state index in [-0.39, 0.29) is 11.6 Å². The molecule has 2 heterocycles. The monoisotopic (exact) mass is 441 g/mol. The van der Waals surface area contributed by atoms with Crippen molar-refractivity contribution in [3.8, 4) is 0 Å². The number of Topliss-reactive ketones (excluding diaryl/α,β-unsaturated/α-hetero) is 1. The SMILES string of the molecule is O=C1C2=C(NC(SCc3cnc(Cl)s3)=N[C@@H]2c2ccccc2F)c2ccccc21. The van der Waals surface area contributed by atoms with Crippen molar-refractivity contribution in [1.29, 1.82) is 0 Å². The zero-order valence-electron chi connectivity index (χ0n) is 14.9. The minimum Gasteiger partial charge on any atom is -0.334 e. The van der Waals surface area contributed by atoms with Gasteiger partial charge >= 0.3 is 0 Å². The molecule has 0 fully saturated rings. The van der Waals surface area contributed by atoms with E-state index in [0.717, 1.165) is 10.4 Å². The lowest BCUT2D eigenvalue weighted by atomic mass is 9.95. The Labute approximate surface area is 179 Å². The van der Waals surface area contributed by atoms with Gasteiger partial charge in [-0.1, -0.05) is 65.8 Å². The summed E-state index contributed by atoms with van der Waals surface area (Å²) in [6.07, 6.45) is 1.73. The average molecular weight is 442 g/mol. The van der Waals surface area contributed by atoms with Gasteiger partial charge in [-0.25, -0.2) is 14.4 Å². The van der Waals surface area contributed by atoms with Crippen LogP contribution in [-0.4, -0.2) is 15.9 Å². The average Bonchev–Trinajstić information content (AvgIpc) is 3.28. The van der Waals surface area contributed by atoms with E-state index in [9.17, 15) is 9.18 Å². The van der Waals surface area contributed by atoms with Crippen molar-refractivity contribution in [1.82, 2.24) is 10.3 Å². The summed E-state index contributed by atoms with van der Waals surface area (Å²) in [5.74, 6) is 0.133. The van der Waals surface area contributed by atoms with Crippen LogP contribution in [0.3, 0.4) is 0 Å². The summed E-state index contributed by atoms with van der Waals surface area (Å²) in [6.45, 7) is 0. The molecule has 0 saturated carbocycles. The number of hydrogen-bond acceptors (Lipinski definition) is 6. The lowest BCUT2D eigenvalue weighted by Crippen LogP contribution is -2.27. The number of thiazole rings is 1. The second-order valence-corrected chi connectivity index (χ2v) is 9.18. The van der Waals surface area contributed by atoms with Crippen molar-refractivity contribution in [2.45, 2.75) is 11.8 Å². The molecule has 1 aliphatic heterocycles. The van der Waals surface area contributed by atoms with E-state index in [1.54, 1.807) is 30.5 Å². The van der Waals surface area contributed by atoms with Gasteiger partial charge in [-0.3, -0.25) is 4.79 Å². The van der Waals surface area contributed by atoms with Gasteiger partial charge in [0.1, 0.15) is 11.9 Å². The van der Waals surface area contributed by atoms with Crippen molar-refractivity contribution >= 4 is 51.3 Å². The molecular weight excluding hydrogens is 429 g/mol. The largest absolute Gasteiger partial charge is 0.334 e. The number of ketones is 1. The molecule has 1 aliphatic carbocycles. The maximum absolute atomic E-state index is 14.6. The first-order chi connectivity index (χ1) is 14.1. The molecule has 0 bridgehead atoms. The first kappa shape index (κ1) is 18.5. The second kappa shape index (κ2) is 7.40. The number of halogens is 2. The number of nitrogens with one attached hydrogen (secondary N) is 1. The molecule has 3 aromatic rings. The molecule has 0 unspecified atom stereocenters. The summed E-state index contributed by atoms with van der Waals surface area (Å²) in [7, 11) is 0. The maximum atomic E-state index is 14.6. The van der Waals surface area contributed by atoms with E-state index >= 15 is 0 Å². The third kappa shape index (κ3) is 3.29. The lowest BCUT2D eigenvalue weighted by molar-refractivity contribution is 0.103. The molecule has 1 atom stereocenters. The highest BCUT2D eigenvalue weighted by molar-refractivity contribution is 8.13. The number of aromatic nitrogens is 1. The Morgan fingerprint density at radius 2 is 1.90 bits per heavy atom. The third-order valence-electron chi connectivity index (χ3n) is 4.78. The van der Waals surface area contributed by atoms with Crippen LogP contribution in [-0.2, 0) is 5.75 Å². The third-order valence-corrected chi connectivity index (χ3v) is 7.02. The van der Waals surface area contributed by atoms with E-state index in [1.807, 2.05) is 18.2 Å². The van der Waals surface area contributed by atoms with Gasteiger partial charge in [-0.2, -0.15) is 0 Å². The summed E-state index contributed by atoms with van der Waals surface area (Å²) in [5, 5.41) is 3.93. The van der Waals surface area contributed by atoms with E-state index in [2.05, 4.69) is 10.3 Å². The summed E-state index contributed by atoms with van der Waals surface area (Å²) in [6, 6.07) is 13.2. The van der Waals surface area contributed by atoms with Crippen LogP contribution < -0.4 is 5.32 Å². The van der Waals surface area contributed by atoms with Crippen molar-refractivity contribution in [3.05, 3.63) is 92.2 Å². The van der Waals surface area contributed by atoms with Crippen LogP contribution in [0.4, 0.5) is 4.39 Å². The van der Waals surface area contributed by atoms with Crippen LogP contribution in [0.15, 0.2) is 65.3 Å². The smallest absolute Gasteiger partial charge is 0.194 e. The van der Waals surface area contributed by atoms with Gasteiger partial charge in [0.15, 0.2) is 15.4 Å². The second-order valence-electron chi connectivity index (χ2n) is 6.51. The van der Waals surface area contributed by atoms with Gasteiger partial charge in [-0.15, -0.1) is 11.3 Å². The molecule has 0 radical (unpaired) electrons. The predicted molar refractivity (Wildman–Crippen MR) is 116 cm³/mol. The fourth-order valence-electron chi connectivity index (χ4n) is 3.50. The van der Waals surface area contributed by atoms with Gasteiger partial charge in [0.05, 0.1) is 11.3 Å². The number of thioether (sulfide) groups is 1. The quantitative estimate of drug-likeness (QED) is 0.585. The number of aliphatic imine (C=N–C) groups is 1. The molecule has 2 aromatic carbocycles. The molecule has 0 saturated heterocycles.